The Morgan fingerprint density at radius 1 is 1.23 bits per heavy atom. The number of halogens is 2. The number of aromatic nitrogens is 3. The Bertz CT molecular complexity index is 1720. The number of fused-ring (bicyclic) bond motifs is 1. The molecule has 1 aliphatic heterocycles. The number of carbonyl (C=O) groups excluding carboxylic acids is 1. The molecule has 1 amide bonds. The predicted molar refractivity (Wildman–Crippen MR) is 171 cm³/mol. The molecule has 1 aliphatic rings. The highest BCUT2D eigenvalue weighted by atomic mass is 35.5. The highest BCUT2D eigenvalue weighted by Crippen LogP contribution is 2.39. The molecular weight excluding hydrogens is 571 g/mol. The number of phenolic OH excluding ortho intramolecular Hbond substituents is 1. The van der Waals surface area contributed by atoms with Crippen LogP contribution in [-0.2, 0) is 4.79 Å². The Balaban J connectivity index is 2.14. The number of aromatic hydroxyl groups is 1. The van der Waals surface area contributed by atoms with E-state index in [0.29, 0.717) is 35.7 Å². The van der Waals surface area contributed by atoms with Crippen molar-refractivity contribution in [2.24, 2.45) is 10.9 Å². The molecule has 43 heavy (non-hydrogen) atoms. The van der Waals surface area contributed by atoms with Gasteiger partial charge >= 0.3 is 5.69 Å². The minimum Gasteiger partial charge on any atom is -0.507 e. The molecule has 0 bridgehead atoms. The Labute approximate surface area is 255 Å². The van der Waals surface area contributed by atoms with Gasteiger partial charge in [-0.2, -0.15) is 4.98 Å². The van der Waals surface area contributed by atoms with Crippen LogP contribution in [0, 0.1) is 11.7 Å². The summed E-state index contributed by atoms with van der Waals surface area (Å²) in [6.45, 7) is 19.5. The molecule has 0 saturated carbocycles. The van der Waals surface area contributed by atoms with E-state index in [1.54, 1.807) is 11.0 Å². The first-order valence-electron chi connectivity index (χ1n) is 14.0. The highest BCUT2D eigenvalue weighted by molar-refractivity contribution is 6.34. The van der Waals surface area contributed by atoms with Crippen molar-refractivity contribution in [2.75, 3.05) is 18.0 Å². The lowest BCUT2D eigenvalue weighted by molar-refractivity contribution is -0.128. The van der Waals surface area contributed by atoms with E-state index in [1.807, 2.05) is 52.5 Å². The third kappa shape index (κ3) is 5.71. The number of anilines is 1. The van der Waals surface area contributed by atoms with Gasteiger partial charge in [0.05, 0.1) is 33.1 Å². The number of aliphatic imine (C=N–C) groups is 1. The van der Waals surface area contributed by atoms with Gasteiger partial charge in [-0.15, -0.1) is 0 Å². The fraction of sp³-hybridized carbons (Fsp3) is 0.344. The van der Waals surface area contributed by atoms with E-state index in [0.717, 1.165) is 5.57 Å². The average Bonchev–Trinajstić information content (AvgIpc) is 2.96. The lowest BCUT2D eigenvalue weighted by Gasteiger charge is -2.44. The molecule has 1 fully saturated rings. The standard InChI is InChI=1S/C32H36ClFN6O3/c1-9-18(5)29(27(35-8)17(3)4)40-31-21(14-22(33)28(36-31)26-23(34)12-11-13-24(26)41)30(37-32(40)43)39-16-19(6)38(15-20(39)7)25(42)10-2/h9-14,17,19-20,41H,2,8,15-16H2,1,3-7H3/b18-9-,29-27+/t19-,20+/m1/s1. The molecular formula is C32H36ClFN6O3. The van der Waals surface area contributed by atoms with Crippen molar-refractivity contribution < 1.29 is 14.3 Å². The molecule has 2 aromatic heterocycles. The summed E-state index contributed by atoms with van der Waals surface area (Å²) in [6.07, 6.45) is 3.13. The third-order valence-electron chi connectivity index (χ3n) is 7.74. The Morgan fingerprint density at radius 2 is 1.93 bits per heavy atom. The summed E-state index contributed by atoms with van der Waals surface area (Å²) in [4.78, 5) is 43.8. The number of hydrogen-bond donors (Lipinski definition) is 1. The first-order valence-corrected chi connectivity index (χ1v) is 14.4. The lowest BCUT2D eigenvalue weighted by atomic mass is 10.0. The first kappa shape index (κ1) is 31.6. The molecule has 2 atom stereocenters. The van der Waals surface area contributed by atoms with Gasteiger partial charge in [-0.3, -0.25) is 9.79 Å². The second-order valence-corrected chi connectivity index (χ2v) is 11.3. The van der Waals surface area contributed by atoms with Gasteiger partial charge < -0.3 is 14.9 Å². The zero-order chi connectivity index (χ0) is 31.7. The fourth-order valence-electron chi connectivity index (χ4n) is 5.46. The maximum absolute atomic E-state index is 15.1. The van der Waals surface area contributed by atoms with Crippen LogP contribution in [-0.4, -0.2) is 62.3 Å². The van der Waals surface area contributed by atoms with E-state index in [9.17, 15) is 14.7 Å². The van der Waals surface area contributed by atoms with E-state index in [4.69, 9.17) is 16.6 Å². The van der Waals surface area contributed by atoms with Gasteiger partial charge in [0.1, 0.15) is 17.4 Å². The van der Waals surface area contributed by atoms with E-state index >= 15 is 4.39 Å². The Hall–Kier alpha value is -4.31. The zero-order valence-corrected chi connectivity index (χ0v) is 26.0. The summed E-state index contributed by atoms with van der Waals surface area (Å²) in [6, 6.07) is 5.06. The second-order valence-electron chi connectivity index (χ2n) is 10.9. The van der Waals surface area contributed by atoms with Crippen molar-refractivity contribution in [3.8, 4) is 17.0 Å². The SMILES string of the molecule is C=CC(=O)N1C[C@H](C)N(c2nc(=O)n(C(/C(C)=C\C)=C(/N=C)C(C)C)c3nc(-c4c(O)cccc4F)c(Cl)cc23)C[C@H]1C. The number of nitrogens with zero attached hydrogens (tertiary/aromatic N) is 6. The number of hydrogen-bond acceptors (Lipinski definition) is 7. The number of rotatable bonds is 7. The lowest BCUT2D eigenvalue weighted by Crippen LogP contribution is -2.58. The predicted octanol–water partition coefficient (Wildman–Crippen LogP) is 6.06. The van der Waals surface area contributed by atoms with Crippen LogP contribution in [0.1, 0.15) is 41.5 Å². The number of allylic oxidation sites excluding steroid dienone is 4. The largest absolute Gasteiger partial charge is 0.507 e. The van der Waals surface area contributed by atoms with E-state index < -0.39 is 11.5 Å². The zero-order valence-electron chi connectivity index (χ0n) is 25.2. The quantitative estimate of drug-likeness (QED) is 0.199. The monoisotopic (exact) mass is 606 g/mol. The number of phenols is 1. The summed E-state index contributed by atoms with van der Waals surface area (Å²) in [5.74, 6) is -1.05. The molecule has 0 radical (unpaired) electrons. The molecule has 0 spiro atoms. The highest BCUT2D eigenvalue weighted by Gasteiger charge is 2.34. The second kappa shape index (κ2) is 12.5. The number of carbonyl (C=O) groups is 1. The summed E-state index contributed by atoms with van der Waals surface area (Å²) >= 11 is 6.75. The third-order valence-corrected chi connectivity index (χ3v) is 8.02. The van der Waals surface area contributed by atoms with E-state index in [2.05, 4.69) is 23.3 Å². The maximum atomic E-state index is 15.1. The van der Waals surface area contributed by atoms with Crippen LogP contribution < -0.4 is 10.6 Å². The summed E-state index contributed by atoms with van der Waals surface area (Å²) in [5.41, 5.74) is 1.00. The molecule has 3 heterocycles. The summed E-state index contributed by atoms with van der Waals surface area (Å²) in [5, 5.41) is 11.1. The van der Waals surface area contributed by atoms with Crippen LogP contribution in [0.15, 0.2) is 64.1 Å². The fourth-order valence-corrected chi connectivity index (χ4v) is 5.70. The normalized spacial score (nSPS) is 18.2. The van der Waals surface area contributed by atoms with Crippen LogP contribution in [0.25, 0.3) is 28.0 Å². The molecule has 3 aromatic rings. The molecule has 0 aliphatic carbocycles. The Kier molecular flexibility index (Phi) is 9.20. The number of pyridine rings is 1. The van der Waals surface area contributed by atoms with Gasteiger partial charge in [-0.25, -0.2) is 18.7 Å². The molecule has 11 heteroatoms. The molecule has 0 unspecified atom stereocenters. The molecule has 1 saturated heterocycles. The van der Waals surface area contributed by atoms with Crippen molar-refractivity contribution in [1.82, 2.24) is 19.4 Å². The van der Waals surface area contributed by atoms with Crippen molar-refractivity contribution >= 4 is 46.8 Å². The number of piperazine rings is 1. The van der Waals surface area contributed by atoms with Crippen molar-refractivity contribution in [3.05, 3.63) is 75.6 Å². The van der Waals surface area contributed by atoms with Crippen LogP contribution in [0.4, 0.5) is 10.2 Å². The first-order chi connectivity index (χ1) is 20.4. The van der Waals surface area contributed by atoms with Crippen molar-refractivity contribution in [1.29, 1.82) is 0 Å². The molecule has 1 N–H and O–H groups in total. The minimum absolute atomic E-state index is 0.0342. The Morgan fingerprint density at radius 3 is 2.51 bits per heavy atom. The van der Waals surface area contributed by atoms with E-state index in [1.165, 1.54) is 28.8 Å². The number of benzene rings is 1. The van der Waals surface area contributed by atoms with Crippen LogP contribution >= 0.6 is 11.6 Å². The molecule has 226 valence electrons. The smallest absolute Gasteiger partial charge is 0.355 e. The minimum atomic E-state index is -0.724. The van der Waals surface area contributed by atoms with E-state index in [-0.39, 0.29) is 51.6 Å². The van der Waals surface area contributed by atoms with Crippen LogP contribution in [0.3, 0.4) is 0 Å². The van der Waals surface area contributed by atoms with Gasteiger partial charge in [-0.1, -0.05) is 44.2 Å². The van der Waals surface area contributed by atoms with Crippen LogP contribution in [0.2, 0.25) is 5.02 Å². The van der Waals surface area contributed by atoms with Gasteiger partial charge in [-0.05, 0) is 70.2 Å². The van der Waals surface area contributed by atoms with Crippen molar-refractivity contribution in [2.45, 2.75) is 53.6 Å². The molecule has 9 nitrogen and oxygen atoms in total. The summed E-state index contributed by atoms with van der Waals surface area (Å²) < 4.78 is 16.4. The van der Waals surface area contributed by atoms with Crippen LogP contribution in [0.5, 0.6) is 5.75 Å². The molecule has 4 rings (SSSR count). The van der Waals surface area contributed by atoms with Gasteiger partial charge in [0.2, 0.25) is 5.91 Å². The number of amides is 1. The van der Waals surface area contributed by atoms with Gasteiger partial charge in [0.15, 0.2) is 5.65 Å². The average molecular weight is 607 g/mol. The summed E-state index contributed by atoms with van der Waals surface area (Å²) in [7, 11) is 0. The maximum Gasteiger partial charge on any atom is 0.355 e. The van der Waals surface area contributed by atoms with Gasteiger partial charge in [0.25, 0.3) is 0 Å². The van der Waals surface area contributed by atoms with Crippen molar-refractivity contribution in [3.63, 3.8) is 0 Å². The topological polar surface area (TPSA) is 104 Å². The van der Waals surface area contributed by atoms with Gasteiger partial charge in [0, 0.05) is 25.2 Å². The molecule has 1 aromatic carbocycles.